The molecule has 0 bridgehead atoms. The predicted molar refractivity (Wildman–Crippen MR) is 80.7 cm³/mol. The number of rotatable bonds is 3. The molecule has 2 aliphatic rings. The van der Waals surface area contributed by atoms with Crippen LogP contribution in [0.25, 0.3) is 11.1 Å². The van der Waals surface area contributed by atoms with E-state index in [1.54, 1.807) is 6.07 Å². The lowest BCUT2D eigenvalue weighted by molar-refractivity contribution is 0.300. The summed E-state index contributed by atoms with van der Waals surface area (Å²) in [7, 11) is 0. The maximum Gasteiger partial charge on any atom is 0.137 e. The van der Waals surface area contributed by atoms with E-state index >= 15 is 0 Å². The van der Waals surface area contributed by atoms with Gasteiger partial charge in [-0.15, -0.1) is 0 Å². The molecule has 0 aliphatic heterocycles. The van der Waals surface area contributed by atoms with Crippen molar-refractivity contribution in [3.63, 3.8) is 0 Å². The van der Waals surface area contributed by atoms with E-state index in [4.69, 9.17) is 10.5 Å². The number of ether oxygens (including phenoxy) is 1. The third-order valence-corrected chi connectivity index (χ3v) is 4.43. The Morgan fingerprint density at radius 1 is 1.05 bits per heavy atom. The number of halogens is 2. The van der Waals surface area contributed by atoms with Crippen LogP contribution >= 0.6 is 0 Å². The number of nitrogens with two attached hydrogens (primary N) is 1. The molecular formula is C18H17F2NO. The quantitative estimate of drug-likeness (QED) is 0.925. The van der Waals surface area contributed by atoms with Crippen LogP contribution in [0.5, 0.6) is 5.75 Å². The van der Waals surface area contributed by atoms with Gasteiger partial charge < -0.3 is 10.5 Å². The second-order valence-electron chi connectivity index (χ2n) is 6.10. The van der Waals surface area contributed by atoms with Gasteiger partial charge in [0.25, 0.3) is 0 Å². The van der Waals surface area contributed by atoms with Crippen LogP contribution in [0.3, 0.4) is 0 Å². The van der Waals surface area contributed by atoms with Crippen molar-refractivity contribution >= 4 is 0 Å². The van der Waals surface area contributed by atoms with Gasteiger partial charge in [0.15, 0.2) is 0 Å². The Hall–Kier alpha value is -1.94. The summed E-state index contributed by atoms with van der Waals surface area (Å²) in [5.41, 5.74) is 8.64. The molecule has 4 heteroatoms. The van der Waals surface area contributed by atoms with Crippen molar-refractivity contribution in [2.75, 3.05) is 0 Å². The van der Waals surface area contributed by atoms with Crippen LogP contribution in [0.4, 0.5) is 8.78 Å². The van der Waals surface area contributed by atoms with Crippen LogP contribution in [0.1, 0.15) is 36.4 Å². The maximum atomic E-state index is 14.5. The highest BCUT2D eigenvalue weighted by molar-refractivity contribution is 5.71. The number of fused-ring (bicyclic) bond motifs is 1. The highest BCUT2D eigenvalue weighted by Crippen LogP contribution is 2.39. The van der Waals surface area contributed by atoms with E-state index in [2.05, 4.69) is 0 Å². The summed E-state index contributed by atoms with van der Waals surface area (Å²) < 4.78 is 34.5. The minimum atomic E-state index is -0.579. The molecule has 2 aromatic carbocycles. The minimum absolute atomic E-state index is 0.0223. The lowest BCUT2D eigenvalue weighted by Gasteiger charge is -2.13. The van der Waals surface area contributed by atoms with E-state index in [0.717, 1.165) is 36.8 Å². The fourth-order valence-electron chi connectivity index (χ4n) is 3.17. The molecule has 0 aromatic heterocycles. The van der Waals surface area contributed by atoms with Gasteiger partial charge in [-0.3, -0.25) is 0 Å². The monoisotopic (exact) mass is 301 g/mol. The van der Waals surface area contributed by atoms with Crippen molar-refractivity contribution in [3.8, 4) is 16.9 Å². The highest BCUT2D eigenvalue weighted by Gasteiger charge is 2.27. The van der Waals surface area contributed by atoms with Gasteiger partial charge in [0.1, 0.15) is 17.4 Å². The summed E-state index contributed by atoms with van der Waals surface area (Å²) in [6.45, 7) is 0. The first kappa shape index (κ1) is 13.7. The van der Waals surface area contributed by atoms with Crippen LogP contribution in [-0.4, -0.2) is 6.10 Å². The van der Waals surface area contributed by atoms with E-state index in [1.807, 2.05) is 12.1 Å². The topological polar surface area (TPSA) is 35.2 Å². The molecule has 0 heterocycles. The lowest BCUT2D eigenvalue weighted by Crippen LogP contribution is -2.05. The maximum absolute atomic E-state index is 14.5. The van der Waals surface area contributed by atoms with Gasteiger partial charge in [0.05, 0.1) is 11.7 Å². The molecule has 2 N–H and O–H groups in total. The molecule has 0 radical (unpaired) electrons. The van der Waals surface area contributed by atoms with Crippen LogP contribution in [0.2, 0.25) is 0 Å². The van der Waals surface area contributed by atoms with Crippen LogP contribution in [0, 0.1) is 11.6 Å². The molecular weight excluding hydrogens is 284 g/mol. The van der Waals surface area contributed by atoms with Crippen molar-refractivity contribution in [1.29, 1.82) is 0 Å². The lowest BCUT2D eigenvalue weighted by atomic mass is 9.95. The van der Waals surface area contributed by atoms with Gasteiger partial charge in [-0.05, 0) is 42.4 Å². The van der Waals surface area contributed by atoms with Gasteiger partial charge in [-0.1, -0.05) is 18.2 Å². The number of hydrogen-bond acceptors (Lipinski definition) is 2. The average molecular weight is 301 g/mol. The number of hydrogen-bond donors (Lipinski definition) is 1. The van der Waals surface area contributed by atoms with E-state index < -0.39 is 11.6 Å². The zero-order valence-corrected chi connectivity index (χ0v) is 12.1. The second-order valence-corrected chi connectivity index (χ2v) is 6.10. The third-order valence-electron chi connectivity index (χ3n) is 4.43. The zero-order valence-electron chi connectivity index (χ0n) is 12.1. The molecule has 0 saturated heterocycles. The third kappa shape index (κ3) is 2.28. The normalized spacial score (nSPS) is 20.0. The molecule has 2 aromatic rings. The van der Waals surface area contributed by atoms with E-state index in [1.165, 1.54) is 12.1 Å². The van der Waals surface area contributed by atoms with Crippen LogP contribution in [0.15, 0.2) is 30.3 Å². The molecule has 2 nitrogen and oxygen atoms in total. The first-order valence-electron chi connectivity index (χ1n) is 7.67. The van der Waals surface area contributed by atoms with Gasteiger partial charge in [0.2, 0.25) is 0 Å². The molecule has 0 spiro atoms. The molecule has 4 rings (SSSR count). The van der Waals surface area contributed by atoms with Gasteiger partial charge >= 0.3 is 0 Å². The summed E-state index contributed by atoms with van der Waals surface area (Å²) in [6.07, 6.45) is 3.60. The Kier molecular flexibility index (Phi) is 3.15. The van der Waals surface area contributed by atoms with Crippen molar-refractivity contribution in [1.82, 2.24) is 0 Å². The Labute approximate surface area is 127 Å². The summed E-state index contributed by atoms with van der Waals surface area (Å²) in [5.74, 6) is -0.889. The first-order valence-corrected chi connectivity index (χ1v) is 7.67. The summed E-state index contributed by atoms with van der Waals surface area (Å²) in [4.78, 5) is 0. The fourth-order valence-corrected chi connectivity index (χ4v) is 3.17. The van der Waals surface area contributed by atoms with E-state index in [9.17, 15) is 8.78 Å². The predicted octanol–water partition coefficient (Wildman–Crippen LogP) is 4.12. The minimum Gasteiger partial charge on any atom is -0.490 e. The van der Waals surface area contributed by atoms with E-state index in [0.29, 0.717) is 5.56 Å². The summed E-state index contributed by atoms with van der Waals surface area (Å²) in [5, 5.41) is 0. The van der Waals surface area contributed by atoms with Crippen molar-refractivity contribution in [2.45, 2.75) is 37.8 Å². The first-order chi connectivity index (χ1) is 10.6. The molecule has 114 valence electrons. The van der Waals surface area contributed by atoms with E-state index in [-0.39, 0.29) is 23.5 Å². The van der Waals surface area contributed by atoms with Crippen molar-refractivity contribution < 1.29 is 13.5 Å². The van der Waals surface area contributed by atoms with Crippen molar-refractivity contribution in [3.05, 3.63) is 53.1 Å². The Morgan fingerprint density at radius 2 is 1.77 bits per heavy atom. The smallest absolute Gasteiger partial charge is 0.137 e. The second kappa shape index (κ2) is 5.06. The molecule has 2 aliphatic carbocycles. The SMILES string of the molecule is N[C@@H]1CCc2c(-c3c(F)cc(OC4CC4)cc3F)cccc21. The van der Waals surface area contributed by atoms with Gasteiger partial charge in [-0.2, -0.15) is 0 Å². The fraction of sp³-hybridized carbons (Fsp3) is 0.333. The highest BCUT2D eigenvalue weighted by atomic mass is 19.1. The van der Waals surface area contributed by atoms with Crippen molar-refractivity contribution in [2.24, 2.45) is 5.73 Å². The average Bonchev–Trinajstić information content (AvgIpc) is 3.20. The Balaban J connectivity index is 1.80. The number of benzene rings is 2. The molecule has 1 atom stereocenters. The Bertz CT molecular complexity index is 717. The summed E-state index contributed by atoms with van der Waals surface area (Å²) >= 11 is 0. The molecule has 1 fully saturated rings. The molecule has 22 heavy (non-hydrogen) atoms. The standard InChI is InChI=1S/C18H17F2NO/c19-15-8-11(22-10-4-5-10)9-16(20)18(15)14-3-1-2-13-12(14)6-7-17(13)21/h1-3,8-10,17H,4-7,21H2/t17-/m1/s1. The zero-order chi connectivity index (χ0) is 15.3. The van der Waals surface area contributed by atoms with Gasteiger partial charge in [-0.25, -0.2) is 8.78 Å². The molecule has 1 saturated carbocycles. The van der Waals surface area contributed by atoms with Gasteiger partial charge in [0, 0.05) is 18.2 Å². The molecule has 0 amide bonds. The Morgan fingerprint density at radius 3 is 2.45 bits per heavy atom. The van der Waals surface area contributed by atoms with Crippen LogP contribution < -0.4 is 10.5 Å². The van der Waals surface area contributed by atoms with Crippen LogP contribution in [-0.2, 0) is 6.42 Å². The summed E-state index contributed by atoms with van der Waals surface area (Å²) in [6, 6.07) is 8.04. The molecule has 0 unspecified atom stereocenters. The largest absolute Gasteiger partial charge is 0.490 e.